The van der Waals surface area contributed by atoms with Gasteiger partial charge in [-0.3, -0.25) is 9.48 Å². The van der Waals surface area contributed by atoms with Gasteiger partial charge < -0.3 is 10.4 Å². The Morgan fingerprint density at radius 3 is 2.86 bits per heavy atom. The maximum Gasteiger partial charge on any atom is 0.261 e. The molecule has 1 amide bonds. The monoisotopic (exact) mass is 341 g/mol. The number of fused-ring (bicyclic) bond motifs is 1. The second-order valence-corrected chi connectivity index (χ2v) is 7.57. The molecule has 0 aliphatic rings. The molecule has 0 radical (unpaired) electrons. The van der Waals surface area contributed by atoms with Crippen molar-refractivity contribution in [3.05, 3.63) is 16.6 Å². The van der Waals surface area contributed by atoms with Gasteiger partial charge in [0.15, 0.2) is 0 Å². The third-order valence-corrected chi connectivity index (χ3v) is 5.43. The molecule has 2 N–H and O–H groups in total. The standard InChI is InChI=1S/C15H23N3O2S2/c1-9(2)13-11-7-12(22-15(11)18(3)17-13)14(20)16-10(5-6-19)8-21-4/h7,9-10,19H,5-6,8H2,1-4H3,(H,16,20). The van der Waals surface area contributed by atoms with E-state index in [4.69, 9.17) is 5.11 Å². The van der Waals surface area contributed by atoms with E-state index in [9.17, 15) is 4.79 Å². The first-order valence-corrected chi connectivity index (χ1v) is 9.56. The predicted octanol–water partition coefficient (Wildman–Crippen LogP) is 2.60. The van der Waals surface area contributed by atoms with E-state index in [-0.39, 0.29) is 18.6 Å². The van der Waals surface area contributed by atoms with Crippen LogP contribution in [0.3, 0.4) is 0 Å². The molecule has 0 aliphatic heterocycles. The lowest BCUT2D eigenvalue weighted by Crippen LogP contribution is -2.36. The maximum absolute atomic E-state index is 12.4. The molecular formula is C15H23N3O2S2. The Bertz CT molecular complexity index is 643. The first-order valence-electron chi connectivity index (χ1n) is 7.35. The number of nitrogens with one attached hydrogen (secondary N) is 1. The van der Waals surface area contributed by atoms with Crippen molar-refractivity contribution < 1.29 is 9.90 Å². The zero-order valence-corrected chi connectivity index (χ0v) is 15.1. The highest BCUT2D eigenvalue weighted by molar-refractivity contribution is 7.98. The van der Waals surface area contributed by atoms with Gasteiger partial charge in [-0.2, -0.15) is 16.9 Å². The number of hydrogen-bond acceptors (Lipinski definition) is 5. The topological polar surface area (TPSA) is 67.2 Å². The number of hydrogen-bond donors (Lipinski definition) is 2. The molecule has 7 heteroatoms. The minimum Gasteiger partial charge on any atom is -0.396 e. The molecule has 0 aliphatic carbocycles. The Balaban J connectivity index is 2.23. The summed E-state index contributed by atoms with van der Waals surface area (Å²) in [5.74, 6) is 1.06. The summed E-state index contributed by atoms with van der Waals surface area (Å²) >= 11 is 3.13. The van der Waals surface area contributed by atoms with Crippen LogP contribution >= 0.6 is 23.1 Å². The summed E-state index contributed by atoms with van der Waals surface area (Å²) in [7, 11) is 1.91. The second-order valence-electron chi connectivity index (χ2n) is 5.63. The largest absolute Gasteiger partial charge is 0.396 e. The highest BCUT2D eigenvalue weighted by atomic mass is 32.2. The van der Waals surface area contributed by atoms with Gasteiger partial charge in [-0.15, -0.1) is 11.3 Å². The van der Waals surface area contributed by atoms with Crippen LogP contribution in [-0.2, 0) is 7.05 Å². The van der Waals surface area contributed by atoms with Crippen molar-refractivity contribution >= 4 is 39.2 Å². The minimum atomic E-state index is -0.0663. The average molecular weight is 342 g/mol. The van der Waals surface area contributed by atoms with Crippen LogP contribution in [0.15, 0.2) is 6.07 Å². The summed E-state index contributed by atoms with van der Waals surface area (Å²) in [6.07, 6.45) is 2.58. The summed E-state index contributed by atoms with van der Waals surface area (Å²) in [6, 6.07) is 1.94. The van der Waals surface area contributed by atoms with Gasteiger partial charge in [0.05, 0.1) is 10.6 Å². The molecule has 2 rings (SSSR count). The first kappa shape index (κ1) is 17.3. The third kappa shape index (κ3) is 3.64. The highest BCUT2D eigenvalue weighted by Crippen LogP contribution is 2.31. The Hall–Kier alpha value is -1.05. The summed E-state index contributed by atoms with van der Waals surface area (Å²) in [5.41, 5.74) is 1.03. The van der Waals surface area contributed by atoms with Crippen molar-refractivity contribution in [1.82, 2.24) is 15.1 Å². The zero-order chi connectivity index (χ0) is 16.3. The molecule has 5 nitrogen and oxygen atoms in total. The SMILES string of the molecule is CSCC(CCO)NC(=O)c1cc2c(C(C)C)nn(C)c2s1. The van der Waals surface area contributed by atoms with Crippen LogP contribution in [0.5, 0.6) is 0 Å². The summed E-state index contributed by atoms with van der Waals surface area (Å²) < 4.78 is 1.85. The molecule has 0 saturated heterocycles. The zero-order valence-electron chi connectivity index (χ0n) is 13.4. The molecule has 0 bridgehead atoms. The molecular weight excluding hydrogens is 318 g/mol. The van der Waals surface area contributed by atoms with Crippen LogP contribution < -0.4 is 5.32 Å². The Kier molecular flexibility index (Phi) is 5.88. The fourth-order valence-corrected chi connectivity index (χ4v) is 4.05. The van der Waals surface area contributed by atoms with Gasteiger partial charge in [-0.25, -0.2) is 0 Å². The summed E-state index contributed by atoms with van der Waals surface area (Å²) in [4.78, 5) is 14.2. The smallest absolute Gasteiger partial charge is 0.261 e. The Morgan fingerprint density at radius 1 is 1.55 bits per heavy atom. The number of thioether (sulfide) groups is 1. The lowest BCUT2D eigenvalue weighted by Gasteiger charge is -2.15. The number of carbonyl (C=O) groups excluding carboxylic acids is 1. The summed E-state index contributed by atoms with van der Waals surface area (Å²) in [5, 5.41) is 17.7. The Morgan fingerprint density at radius 2 is 2.27 bits per heavy atom. The maximum atomic E-state index is 12.4. The molecule has 0 aromatic carbocycles. The van der Waals surface area contributed by atoms with Crippen LogP contribution in [0.1, 0.15) is 41.6 Å². The van der Waals surface area contributed by atoms with Crippen LogP contribution in [-0.4, -0.2) is 45.5 Å². The van der Waals surface area contributed by atoms with Crippen molar-refractivity contribution in [3.63, 3.8) is 0 Å². The van der Waals surface area contributed by atoms with Crippen LogP contribution in [0, 0.1) is 0 Å². The molecule has 1 unspecified atom stereocenters. The molecule has 22 heavy (non-hydrogen) atoms. The van der Waals surface area contributed by atoms with Crippen molar-refractivity contribution in [1.29, 1.82) is 0 Å². The molecule has 0 saturated carbocycles. The molecule has 2 aromatic heterocycles. The normalized spacial score (nSPS) is 13.0. The van der Waals surface area contributed by atoms with Crippen molar-refractivity contribution in [3.8, 4) is 0 Å². The van der Waals surface area contributed by atoms with Gasteiger partial charge in [0.25, 0.3) is 5.91 Å². The number of rotatable bonds is 7. The van der Waals surface area contributed by atoms with E-state index in [2.05, 4.69) is 24.3 Å². The quantitative estimate of drug-likeness (QED) is 0.812. The second kappa shape index (κ2) is 7.48. The van der Waals surface area contributed by atoms with E-state index in [0.29, 0.717) is 17.2 Å². The van der Waals surface area contributed by atoms with Crippen molar-refractivity contribution in [2.45, 2.75) is 32.2 Å². The van der Waals surface area contributed by atoms with Crippen LogP contribution in [0.2, 0.25) is 0 Å². The van der Waals surface area contributed by atoms with Gasteiger partial charge in [0.2, 0.25) is 0 Å². The van der Waals surface area contributed by atoms with Crippen molar-refractivity contribution in [2.24, 2.45) is 7.05 Å². The number of nitrogens with zero attached hydrogens (tertiary/aromatic N) is 2. The summed E-state index contributed by atoms with van der Waals surface area (Å²) in [6.45, 7) is 4.29. The molecule has 122 valence electrons. The minimum absolute atomic E-state index is 0.000376. The molecule has 2 heterocycles. The molecule has 0 fully saturated rings. The fourth-order valence-electron chi connectivity index (χ4n) is 2.42. The van der Waals surface area contributed by atoms with Crippen molar-refractivity contribution in [2.75, 3.05) is 18.6 Å². The van der Waals surface area contributed by atoms with Gasteiger partial charge in [0, 0.05) is 30.8 Å². The van der Waals surface area contributed by atoms with E-state index in [1.807, 2.05) is 24.1 Å². The lowest BCUT2D eigenvalue weighted by molar-refractivity contribution is 0.0939. The predicted molar refractivity (Wildman–Crippen MR) is 94.0 cm³/mol. The molecule has 0 spiro atoms. The average Bonchev–Trinajstić information content (AvgIpc) is 3.00. The van der Waals surface area contributed by atoms with Gasteiger partial charge >= 0.3 is 0 Å². The fraction of sp³-hybridized carbons (Fsp3) is 0.600. The highest BCUT2D eigenvalue weighted by Gasteiger charge is 2.20. The number of aromatic nitrogens is 2. The number of aryl methyl sites for hydroxylation is 1. The van der Waals surface area contributed by atoms with E-state index in [1.165, 1.54) is 11.3 Å². The van der Waals surface area contributed by atoms with Crippen LogP contribution in [0.25, 0.3) is 10.2 Å². The number of aliphatic hydroxyl groups is 1. The first-order chi connectivity index (χ1) is 10.5. The number of amides is 1. The van der Waals surface area contributed by atoms with Gasteiger partial charge in [0.1, 0.15) is 4.83 Å². The number of thiophene rings is 1. The number of carbonyl (C=O) groups is 1. The number of aliphatic hydroxyl groups excluding tert-OH is 1. The van der Waals surface area contributed by atoms with Crippen LogP contribution in [0.4, 0.5) is 0 Å². The Labute approximate surface area is 139 Å². The van der Waals surface area contributed by atoms with Gasteiger partial charge in [-0.1, -0.05) is 13.8 Å². The van der Waals surface area contributed by atoms with E-state index in [0.717, 1.165) is 21.7 Å². The lowest BCUT2D eigenvalue weighted by atomic mass is 10.1. The van der Waals surface area contributed by atoms with E-state index in [1.54, 1.807) is 11.8 Å². The third-order valence-electron chi connectivity index (χ3n) is 3.49. The molecule has 1 atom stereocenters. The van der Waals surface area contributed by atoms with Gasteiger partial charge in [-0.05, 0) is 24.7 Å². The van der Waals surface area contributed by atoms with E-state index < -0.39 is 0 Å². The van der Waals surface area contributed by atoms with E-state index >= 15 is 0 Å². The molecule has 2 aromatic rings.